The first-order valence-corrected chi connectivity index (χ1v) is 2.05. The van der Waals surface area contributed by atoms with Gasteiger partial charge in [0.2, 0.25) is 0 Å². The Kier molecular flexibility index (Phi) is 3.08. The first-order chi connectivity index (χ1) is 2.81. The van der Waals surface area contributed by atoms with Crippen molar-refractivity contribution in [1.29, 1.82) is 0 Å². The van der Waals surface area contributed by atoms with Gasteiger partial charge in [-0.15, -0.1) is 0 Å². The zero-order valence-corrected chi connectivity index (χ0v) is 4.19. The standard InChI is InChI=1S/C4H10NO/c1-3-4(5)6-2/h4-5H,3H2,1-2H3. The smallest absolute Gasteiger partial charge is 0.119 e. The fourth-order valence-electron chi connectivity index (χ4n) is 0.167. The van der Waals surface area contributed by atoms with Crippen LogP contribution >= 0.6 is 0 Å². The summed E-state index contributed by atoms with van der Waals surface area (Å²) in [5.74, 6) is 0. The minimum atomic E-state index is -0.315. The molecule has 0 aromatic rings. The summed E-state index contributed by atoms with van der Waals surface area (Å²) in [6.07, 6.45) is 0.459. The molecule has 0 bridgehead atoms. The Morgan fingerprint density at radius 3 is 2.33 bits per heavy atom. The zero-order chi connectivity index (χ0) is 4.99. The highest BCUT2D eigenvalue weighted by Crippen LogP contribution is 1.84. The van der Waals surface area contributed by atoms with E-state index >= 15 is 0 Å². The lowest BCUT2D eigenvalue weighted by atomic mass is 10.4. The van der Waals surface area contributed by atoms with Gasteiger partial charge in [0.15, 0.2) is 0 Å². The maximum Gasteiger partial charge on any atom is 0.119 e. The molecule has 0 aromatic carbocycles. The normalized spacial score (nSPS) is 14.5. The second-order valence-corrected chi connectivity index (χ2v) is 1.13. The molecule has 0 heterocycles. The molecule has 2 heteroatoms. The molecule has 1 N–H and O–H groups in total. The topological polar surface area (TPSA) is 33.0 Å². The van der Waals surface area contributed by atoms with E-state index in [1.54, 1.807) is 7.11 Å². The van der Waals surface area contributed by atoms with Crippen LogP contribution in [-0.4, -0.2) is 13.3 Å². The van der Waals surface area contributed by atoms with Gasteiger partial charge in [0, 0.05) is 7.11 Å². The second-order valence-electron chi connectivity index (χ2n) is 1.13. The lowest BCUT2D eigenvalue weighted by Crippen LogP contribution is -2.07. The van der Waals surface area contributed by atoms with Crippen molar-refractivity contribution in [3.8, 4) is 0 Å². The molecule has 0 spiro atoms. The van der Waals surface area contributed by atoms with Crippen molar-refractivity contribution in [3.63, 3.8) is 0 Å². The van der Waals surface area contributed by atoms with Crippen LogP contribution in [0, 0.1) is 0 Å². The van der Waals surface area contributed by atoms with Crippen molar-refractivity contribution in [2.45, 2.75) is 19.6 Å². The molecule has 0 saturated heterocycles. The SMILES string of the molecule is CCC([NH])OC. The Hall–Kier alpha value is -0.0800. The molecule has 1 atom stereocenters. The molecule has 0 amide bonds. The predicted octanol–water partition coefficient (Wildman–Crippen LogP) is 0.652. The van der Waals surface area contributed by atoms with Gasteiger partial charge in [-0.25, -0.2) is 5.73 Å². The van der Waals surface area contributed by atoms with E-state index < -0.39 is 0 Å². The molecule has 1 radical (unpaired) electrons. The summed E-state index contributed by atoms with van der Waals surface area (Å²) in [5.41, 5.74) is 6.85. The van der Waals surface area contributed by atoms with E-state index in [1.807, 2.05) is 6.92 Å². The van der Waals surface area contributed by atoms with Crippen LogP contribution in [0.5, 0.6) is 0 Å². The fraction of sp³-hybridized carbons (Fsp3) is 1.00. The van der Waals surface area contributed by atoms with Gasteiger partial charge in [0.1, 0.15) is 6.23 Å². The average Bonchev–Trinajstić information content (AvgIpc) is 1.65. The maximum atomic E-state index is 6.85. The number of methoxy groups -OCH3 is 1. The highest BCUT2D eigenvalue weighted by Gasteiger charge is 1.89. The minimum absolute atomic E-state index is 0.315. The summed E-state index contributed by atoms with van der Waals surface area (Å²) in [6.45, 7) is 1.92. The molecule has 2 nitrogen and oxygen atoms in total. The predicted molar refractivity (Wildman–Crippen MR) is 24.2 cm³/mol. The lowest BCUT2D eigenvalue weighted by Gasteiger charge is -2.00. The van der Waals surface area contributed by atoms with Gasteiger partial charge >= 0.3 is 0 Å². The quantitative estimate of drug-likeness (QED) is 0.488. The summed E-state index contributed by atoms with van der Waals surface area (Å²) < 4.78 is 4.57. The Balaban J connectivity index is 2.75. The number of hydrogen-bond donors (Lipinski definition) is 0. The van der Waals surface area contributed by atoms with Crippen LogP contribution in [0.25, 0.3) is 0 Å². The Labute approximate surface area is 38.3 Å². The van der Waals surface area contributed by atoms with E-state index in [4.69, 9.17) is 5.73 Å². The van der Waals surface area contributed by atoms with Crippen LogP contribution in [0.15, 0.2) is 0 Å². The Bertz CT molecular complexity index is 26.7. The van der Waals surface area contributed by atoms with Gasteiger partial charge in [0.25, 0.3) is 0 Å². The van der Waals surface area contributed by atoms with Crippen molar-refractivity contribution >= 4 is 0 Å². The van der Waals surface area contributed by atoms with Crippen molar-refractivity contribution in [2.24, 2.45) is 0 Å². The second kappa shape index (κ2) is 3.12. The fourth-order valence-corrected chi connectivity index (χ4v) is 0.167. The van der Waals surface area contributed by atoms with Crippen LogP contribution in [0.1, 0.15) is 13.3 Å². The first kappa shape index (κ1) is 5.92. The molecular formula is C4H10NO. The summed E-state index contributed by atoms with van der Waals surface area (Å²) in [6, 6.07) is 0. The molecule has 1 unspecified atom stereocenters. The zero-order valence-electron chi connectivity index (χ0n) is 4.19. The largest absolute Gasteiger partial charge is 0.365 e. The van der Waals surface area contributed by atoms with Gasteiger partial charge in [-0.05, 0) is 6.42 Å². The molecule has 0 aromatic heterocycles. The monoisotopic (exact) mass is 88.1 g/mol. The summed E-state index contributed by atoms with van der Waals surface area (Å²) >= 11 is 0. The van der Waals surface area contributed by atoms with E-state index in [2.05, 4.69) is 4.74 Å². The van der Waals surface area contributed by atoms with Crippen LogP contribution in [0.3, 0.4) is 0 Å². The first-order valence-electron chi connectivity index (χ1n) is 2.05. The van der Waals surface area contributed by atoms with Crippen molar-refractivity contribution in [1.82, 2.24) is 5.73 Å². The maximum absolute atomic E-state index is 6.85. The van der Waals surface area contributed by atoms with Crippen LogP contribution < -0.4 is 5.73 Å². The van der Waals surface area contributed by atoms with E-state index in [9.17, 15) is 0 Å². The summed E-state index contributed by atoms with van der Waals surface area (Å²) in [5, 5.41) is 0. The molecule has 37 valence electrons. The van der Waals surface area contributed by atoms with Gasteiger partial charge in [0.05, 0.1) is 0 Å². The highest BCUT2D eigenvalue weighted by atomic mass is 16.5. The molecule has 0 rings (SSSR count). The Morgan fingerprint density at radius 2 is 2.33 bits per heavy atom. The number of rotatable bonds is 2. The van der Waals surface area contributed by atoms with E-state index in [0.717, 1.165) is 6.42 Å². The van der Waals surface area contributed by atoms with Crippen LogP contribution in [0.4, 0.5) is 0 Å². The molecule has 0 saturated carbocycles. The average molecular weight is 88.1 g/mol. The molecule has 0 aliphatic rings. The third kappa shape index (κ3) is 2.18. The van der Waals surface area contributed by atoms with Crippen molar-refractivity contribution < 1.29 is 4.74 Å². The number of nitrogens with one attached hydrogen (secondary N) is 1. The van der Waals surface area contributed by atoms with E-state index in [-0.39, 0.29) is 6.23 Å². The molecule has 6 heavy (non-hydrogen) atoms. The van der Waals surface area contributed by atoms with Gasteiger partial charge in [-0.1, -0.05) is 6.92 Å². The van der Waals surface area contributed by atoms with Crippen molar-refractivity contribution in [3.05, 3.63) is 0 Å². The molecule has 0 aliphatic heterocycles. The molecule has 0 aliphatic carbocycles. The van der Waals surface area contributed by atoms with Crippen LogP contribution in [0.2, 0.25) is 0 Å². The molecular weight excluding hydrogens is 78.0 g/mol. The van der Waals surface area contributed by atoms with Gasteiger partial charge in [-0.2, -0.15) is 0 Å². The number of hydrogen-bond acceptors (Lipinski definition) is 1. The highest BCUT2D eigenvalue weighted by molar-refractivity contribution is 4.34. The van der Waals surface area contributed by atoms with Gasteiger partial charge < -0.3 is 4.74 Å². The van der Waals surface area contributed by atoms with Gasteiger partial charge in [-0.3, -0.25) is 0 Å². The molecule has 0 fully saturated rings. The third-order valence-electron chi connectivity index (χ3n) is 0.655. The van der Waals surface area contributed by atoms with Crippen LogP contribution in [-0.2, 0) is 4.74 Å². The van der Waals surface area contributed by atoms with E-state index in [1.165, 1.54) is 0 Å². The number of ether oxygens (including phenoxy) is 1. The Morgan fingerprint density at radius 1 is 1.83 bits per heavy atom. The summed E-state index contributed by atoms with van der Waals surface area (Å²) in [7, 11) is 1.54. The van der Waals surface area contributed by atoms with Crippen molar-refractivity contribution in [2.75, 3.05) is 7.11 Å². The third-order valence-corrected chi connectivity index (χ3v) is 0.655. The summed E-state index contributed by atoms with van der Waals surface area (Å²) in [4.78, 5) is 0. The minimum Gasteiger partial charge on any atom is -0.365 e. The van der Waals surface area contributed by atoms with E-state index in [0.29, 0.717) is 0 Å². The lowest BCUT2D eigenvalue weighted by molar-refractivity contribution is 0.0989.